The highest BCUT2D eigenvalue weighted by atomic mass is 16.6. The van der Waals surface area contributed by atoms with Gasteiger partial charge in [-0.3, -0.25) is 4.99 Å². The fraction of sp³-hybridized carbons (Fsp3) is 0.895. The van der Waals surface area contributed by atoms with Crippen LogP contribution in [0.15, 0.2) is 4.99 Å². The van der Waals surface area contributed by atoms with Gasteiger partial charge in [0.25, 0.3) is 0 Å². The molecule has 3 unspecified atom stereocenters. The number of hydrogen-bond acceptors (Lipinski definition) is 4. The third-order valence-corrected chi connectivity index (χ3v) is 5.87. The Morgan fingerprint density at radius 2 is 2.00 bits per heavy atom. The predicted octanol–water partition coefficient (Wildman–Crippen LogP) is 2.02. The highest BCUT2D eigenvalue weighted by Gasteiger charge is 2.66. The van der Waals surface area contributed by atoms with E-state index in [1.54, 1.807) is 0 Å². The van der Waals surface area contributed by atoms with E-state index < -0.39 is 5.60 Å². The highest BCUT2D eigenvalue weighted by Crippen LogP contribution is 2.62. The molecular weight excluding hydrogens is 332 g/mol. The van der Waals surface area contributed by atoms with Crippen LogP contribution in [-0.2, 0) is 9.47 Å². The zero-order valence-corrected chi connectivity index (χ0v) is 16.6. The molecule has 1 aliphatic heterocycles. The van der Waals surface area contributed by atoms with Crippen LogP contribution in [0.1, 0.15) is 52.9 Å². The number of hydrogen-bond donors (Lipinski definition) is 3. The largest absolute Gasteiger partial charge is 0.444 e. The van der Waals surface area contributed by atoms with Gasteiger partial charge in [-0.1, -0.05) is 6.42 Å². The third kappa shape index (κ3) is 3.92. The van der Waals surface area contributed by atoms with Crippen LogP contribution >= 0.6 is 0 Å². The first-order valence-corrected chi connectivity index (χ1v) is 9.91. The molecule has 0 aromatic carbocycles. The number of rotatable bonds is 5. The molecule has 148 valence electrons. The Labute approximate surface area is 156 Å². The molecule has 3 N–H and O–H groups in total. The Bertz CT molecular complexity index is 539. The molecule has 0 aromatic rings. The summed E-state index contributed by atoms with van der Waals surface area (Å²) in [4.78, 5) is 16.0. The number of aliphatic imine (C=N–C) groups is 1. The van der Waals surface area contributed by atoms with Gasteiger partial charge in [-0.25, -0.2) is 4.79 Å². The topological polar surface area (TPSA) is 84.0 Å². The third-order valence-electron chi connectivity index (χ3n) is 5.87. The molecule has 1 spiro atoms. The predicted molar refractivity (Wildman–Crippen MR) is 101 cm³/mol. The van der Waals surface area contributed by atoms with Crippen LogP contribution in [0.5, 0.6) is 0 Å². The quantitative estimate of drug-likeness (QED) is 0.394. The maximum Gasteiger partial charge on any atom is 0.407 e. The Kier molecular flexibility index (Phi) is 5.65. The van der Waals surface area contributed by atoms with Crippen LogP contribution in [-0.4, -0.2) is 56.5 Å². The van der Waals surface area contributed by atoms with Crippen LogP contribution in [0.4, 0.5) is 4.79 Å². The molecule has 2 saturated carbocycles. The first kappa shape index (κ1) is 19.3. The van der Waals surface area contributed by atoms with Crippen molar-refractivity contribution >= 4 is 12.1 Å². The molecule has 3 rings (SSSR count). The van der Waals surface area contributed by atoms with Crippen molar-refractivity contribution in [3.8, 4) is 0 Å². The molecule has 1 saturated heterocycles. The zero-order valence-electron chi connectivity index (χ0n) is 16.6. The van der Waals surface area contributed by atoms with E-state index in [1.165, 1.54) is 19.3 Å². The van der Waals surface area contributed by atoms with Crippen molar-refractivity contribution in [3.05, 3.63) is 0 Å². The van der Waals surface area contributed by atoms with Gasteiger partial charge in [0.15, 0.2) is 5.96 Å². The number of fused-ring (bicyclic) bond motifs is 2. The van der Waals surface area contributed by atoms with Crippen LogP contribution in [0, 0.1) is 11.3 Å². The van der Waals surface area contributed by atoms with Gasteiger partial charge in [-0.05, 0) is 46.5 Å². The second-order valence-electron chi connectivity index (χ2n) is 8.73. The van der Waals surface area contributed by atoms with Crippen LogP contribution in [0.3, 0.4) is 0 Å². The minimum absolute atomic E-state index is 0.344. The zero-order chi connectivity index (χ0) is 18.8. The molecule has 2 aliphatic carbocycles. The smallest absolute Gasteiger partial charge is 0.407 e. The molecule has 3 fully saturated rings. The van der Waals surface area contributed by atoms with Crippen LogP contribution in [0.2, 0.25) is 0 Å². The number of guanidine groups is 1. The fourth-order valence-corrected chi connectivity index (χ4v) is 4.60. The Morgan fingerprint density at radius 1 is 1.27 bits per heavy atom. The molecule has 1 heterocycles. The van der Waals surface area contributed by atoms with Crippen molar-refractivity contribution in [2.24, 2.45) is 16.3 Å². The summed E-state index contributed by atoms with van der Waals surface area (Å²) in [6.07, 6.45) is 5.91. The standard InChI is InChI=1S/C19H34N4O3/c1-18(2,3)26-17(24)22-11-6-10-21-16(20-4)23-14-13-7-12-25-15(13)19(14)8-5-9-19/h13-15H,5-12H2,1-4H3,(H,22,24)(H2,20,21,23). The lowest BCUT2D eigenvalue weighted by Crippen LogP contribution is -2.72. The fourth-order valence-electron chi connectivity index (χ4n) is 4.60. The number of amides is 1. The molecule has 7 nitrogen and oxygen atoms in total. The lowest BCUT2D eigenvalue weighted by atomic mass is 9.46. The van der Waals surface area contributed by atoms with Gasteiger partial charge in [-0.2, -0.15) is 0 Å². The first-order valence-electron chi connectivity index (χ1n) is 9.91. The molecule has 3 aliphatic rings. The highest BCUT2D eigenvalue weighted by molar-refractivity contribution is 5.80. The number of carbonyl (C=O) groups is 1. The van der Waals surface area contributed by atoms with Crippen molar-refractivity contribution in [2.75, 3.05) is 26.7 Å². The average Bonchev–Trinajstić information content (AvgIpc) is 2.91. The lowest BCUT2D eigenvalue weighted by Gasteiger charge is -2.63. The van der Waals surface area contributed by atoms with Gasteiger partial charge >= 0.3 is 6.09 Å². The van der Waals surface area contributed by atoms with Gasteiger partial charge in [-0.15, -0.1) is 0 Å². The Balaban J connectivity index is 1.36. The maximum absolute atomic E-state index is 11.6. The van der Waals surface area contributed by atoms with Gasteiger partial charge in [0.2, 0.25) is 0 Å². The van der Waals surface area contributed by atoms with E-state index in [9.17, 15) is 4.79 Å². The SMILES string of the molecule is CN=C(NCCCNC(=O)OC(C)(C)C)NC1C2CCOC2C12CCC2. The van der Waals surface area contributed by atoms with Gasteiger partial charge in [0, 0.05) is 44.1 Å². The molecular formula is C19H34N4O3. The summed E-state index contributed by atoms with van der Waals surface area (Å²) in [5, 5.41) is 9.78. The second kappa shape index (κ2) is 7.62. The summed E-state index contributed by atoms with van der Waals surface area (Å²) in [7, 11) is 1.81. The van der Waals surface area contributed by atoms with Crippen molar-refractivity contribution < 1.29 is 14.3 Å². The molecule has 3 atom stereocenters. The summed E-state index contributed by atoms with van der Waals surface area (Å²) in [6, 6.07) is 0.481. The first-order chi connectivity index (χ1) is 12.4. The normalized spacial score (nSPS) is 29.4. The lowest BCUT2D eigenvalue weighted by molar-refractivity contribution is -0.171. The molecule has 0 aromatic heterocycles. The monoisotopic (exact) mass is 366 g/mol. The van der Waals surface area contributed by atoms with E-state index >= 15 is 0 Å². The summed E-state index contributed by atoms with van der Waals surface area (Å²) < 4.78 is 11.2. The molecule has 0 radical (unpaired) electrons. The van der Waals surface area contributed by atoms with Crippen molar-refractivity contribution in [1.29, 1.82) is 0 Å². The number of nitrogens with zero attached hydrogens (tertiary/aromatic N) is 1. The van der Waals surface area contributed by atoms with E-state index in [0.29, 0.717) is 30.0 Å². The van der Waals surface area contributed by atoms with Crippen molar-refractivity contribution in [1.82, 2.24) is 16.0 Å². The summed E-state index contributed by atoms with van der Waals surface area (Å²) in [5.74, 6) is 1.48. The minimum Gasteiger partial charge on any atom is -0.444 e. The Morgan fingerprint density at radius 3 is 2.62 bits per heavy atom. The van der Waals surface area contributed by atoms with Crippen molar-refractivity contribution in [2.45, 2.75) is 70.6 Å². The van der Waals surface area contributed by atoms with Crippen molar-refractivity contribution in [3.63, 3.8) is 0 Å². The Hall–Kier alpha value is -1.50. The van der Waals surface area contributed by atoms with Gasteiger partial charge in [0.05, 0.1) is 6.10 Å². The summed E-state index contributed by atoms with van der Waals surface area (Å²) in [5.41, 5.74) is -0.118. The van der Waals surface area contributed by atoms with E-state index in [2.05, 4.69) is 20.9 Å². The number of alkyl carbamates (subject to hydrolysis) is 1. The molecule has 7 heteroatoms. The summed E-state index contributed by atoms with van der Waals surface area (Å²) >= 11 is 0. The van der Waals surface area contributed by atoms with E-state index in [-0.39, 0.29) is 6.09 Å². The molecule has 1 amide bonds. The second-order valence-corrected chi connectivity index (χ2v) is 8.73. The van der Waals surface area contributed by atoms with E-state index in [0.717, 1.165) is 32.0 Å². The average molecular weight is 367 g/mol. The van der Waals surface area contributed by atoms with Crippen LogP contribution < -0.4 is 16.0 Å². The number of carbonyl (C=O) groups excluding carboxylic acids is 1. The summed E-state index contributed by atoms with van der Waals surface area (Å²) in [6.45, 7) is 7.80. The molecule has 26 heavy (non-hydrogen) atoms. The molecule has 0 bridgehead atoms. The van der Waals surface area contributed by atoms with E-state index in [4.69, 9.17) is 9.47 Å². The van der Waals surface area contributed by atoms with E-state index in [1.807, 2.05) is 27.8 Å². The maximum atomic E-state index is 11.6. The van der Waals surface area contributed by atoms with Gasteiger partial charge in [0.1, 0.15) is 5.60 Å². The minimum atomic E-state index is -0.462. The number of nitrogens with one attached hydrogen (secondary N) is 3. The van der Waals surface area contributed by atoms with Gasteiger partial charge < -0.3 is 25.4 Å². The van der Waals surface area contributed by atoms with Crippen LogP contribution in [0.25, 0.3) is 0 Å². The number of ether oxygens (including phenoxy) is 2.